The van der Waals surface area contributed by atoms with E-state index in [9.17, 15) is 4.79 Å². The minimum atomic E-state index is -0.0244. The molecule has 1 rings (SSSR count). The number of hydrogen-bond donors (Lipinski definition) is 0. The average molecular weight is 259 g/mol. The highest BCUT2D eigenvalue weighted by molar-refractivity contribution is 9.10. The number of rotatable bonds is 4. The van der Waals surface area contributed by atoms with Crippen LogP contribution in [0.4, 0.5) is 0 Å². The Hall–Kier alpha value is -0.870. The van der Waals surface area contributed by atoms with Crippen LogP contribution >= 0.6 is 15.9 Å². The molecule has 0 aliphatic carbocycles. The van der Waals surface area contributed by atoms with E-state index in [0.29, 0.717) is 11.3 Å². The van der Waals surface area contributed by atoms with Crippen molar-refractivity contribution < 1.29 is 14.3 Å². The molecular formula is C10H11BrO3. The standard InChI is InChI=1S/C10H11BrO3/c1-7(12)9-4-3-8(11)5-10(9)14-6-13-2/h3-5H,6H2,1-2H3. The topological polar surface area (TPSA) is 35.5 Å². The molecule has 0 spiro atoms. The molecule has 0 heterocycles. The number of Topliss-reactive ketones (excluding diaryl/α,β-unsaturated/α-hetero) is 1. The summed E-state index contributed by atoms with van der Waals surface area (Å²) in [5.41, 5.74) is 0.560. The van der Waals surface area contributed by atoms with Gasteiger partial charge in [0.05, 0.1) is 5.56 Å². The van der Waals surface area contributed by atoms with Gasteiger partial charge in [0.25, 0.3) is 0 Å². The van der Waals surface area contributed by atoms with Crippen molar-refractivity contribution in [1.82, 2.24) is 0 Å². The maximum Gasteiger partial charge on any atom is 0.188 e. The molecule has 0 N–H and O–H groups in total. The number of halogens is 1. The van der Waals surface area contributed by atoms with Gasteiger partial charge < -0.3 is 9.47 Å². The first-order valence-corrected chi connectivity index (χ1v) is 4.86. The minimum absolute atomic E-state index is 0.0244. The zero-order valence-corrected chi connectivity index (χ0v) is 9.63. The van der Waals surface area contributed by atoms with Gasteiger partial charge in [0.2, 0.25) is 0 Å². The van der Waals surface area contributed by atoms with Crippen molar-refractivity contribution in [1.29, 1.82) is 0 Å². The summed E-state index contributed by atoms with van der Waals surface area (Å²) in [6, 6.07) is 5.27. The molecule has 0 fully saturated rings. The van der Waals surface area contributed by atoms with E-state index in [-0.39, 0.29) is 12.6 Å². The van der Waals surface area contributed by atoms with Gasteiger partial charge in [-0.1, -0.05) is 15.9 Å². The van der Waals surface area contributed by atoms with Gasteiger partial charge >= 0.3 is 0 Å². The summed E-state index contributed by atoms with van der Waals surface area (Å²) in [4.78, 5) is 11.2. The first-order chi connectivity index (χ1) is 6.65. The third kappa shape index (κ3) is 2.82. The number of hydrogen-bond acceptors (Lipinski definition) is 3. The van der Waals surface area contributed by atoms with Crippen LogP contribution in [0.1, 0.15) is 17.3 Å². The number of benzene rings is 1. The average Bonchev–Trinajstić information content (AvgIpc) is 2.14. The van der Waals surface area contributed by atoms with Crippen molar-refractivity contribution in [2.75, 3.05) is 13.9 Å². The summed E-state index contributed by atoms with van der Waals surface area (Å²) in [5, 5.41) is 0. The Kier molecular flexibility index (Phi) is 4.10. The molecule has 14 heavy (non-hydrogen) atoms. The number of ether oxygens (including phenoxy) is 2. The predicted octanol–water partition coefficient (Wildman–Crippen LogP) is 2.63. The second-order valence-electron chi connectivity index (χ2n) is 2.75. The van der Waals surface area contributed by atoms with E-state index in [2.05, 4.69) is 15.9 Å². The molecule has 0 aliphatic rings. The summed E-state index contributed by atoms with van der Waals surface area (Å²) < 4.78 is 10.9. The predicted molar refractivity (Wildman–Crippen MR) is 56.7 cm³/mol. The monoisotopic (exact) mass is 258 g/mol. The lowest BCUT2D eigenvalue weighted by molar-refractivity contribution is 0.0502. The first kappa shape index (κ1) is 11.2. The van der Waals surface area contributed by atoms with Crippen LogP contribution in [0.2, 0.25) is 0 Å². The lowest BCUT2D eigenvalue weighted by atomic mass is 10.1. The molecule has 0 unspecified atom stereocenters. The van der Waals surface area contributed by atoms with Crippen molar-refractivity contribution in [3.05, 3.63) is 28.2 Å². The van der Waals surface area contributed by atoms with Crippen LogP contribution in [-0.2, 0) is 4.74 Å². The Balaban J connectivity index is 2.97. The van der Waals surface area contributed by atoms with Crippen LogP contribution in [0, 0.1) is 0 Å². The lowest BCUT2D eigenvalue weighted by Gasteiger charge is -2.08. The van der Waals surface area contributed by atoms with Gasteiger partial charge in [-0.15, -0.1) is 0 Å². The second-order valence-corrected chi connectivity index (χ2v) is 3.66. The number of ketones is 1. The highest BCUT2D eigenvalue weighted by atomic mass is 79.9. The summed E-state index contributed by atoms with van der Waals surface area (Å²) >= 11 is 3.31. The molecule has 0 aliphatic heterocycles. The highest BCUT2D eigenvalue weighted by Gasteiger charge is 2.08. The van der Waals surface area contributed by atoms with Gasteiger partial charge in [0.15, 0.2) is 12.6 Å². The Morgan fingerprint density at radius 2 is 2.21 bits per heavy atom. The van der Waals surface area contributed by atoms with E-state index in [4.69, 9.17) is 9.47 Å². The zero-order valence-electron chi connectivity index (χ0n) is 8.04. The fraction of sp³-hybridized carbons (Fsp3) is 0.300. The number of carbonyl (C=O) groups excluding carboxylic acids is 1. The molecule has 0 saturated carbocycles. The Bertz CT molecular complexity index is 336. The first-order valence-electron chi connectivity index (χ1n) is 4.07. The Morgan fingerprint density at radius 3 is 2.79 bits per heavy atom. The van der Waals surface area contributed by atoms with Crippen molar-refractivity contribution in [2.24, 2.45) is 0 Å². The quantitative estimate of drug-likeness (QED) is 0.616. The summed E-state index contributed by atoms with van der Waals surface area (Å²) in [5.74, 6) is 0.511. The molecule has 0 bridgehead atoms. The van der Waals surface area contributed by atoms with Crippen molar-refractivity contribution in [3.8, 4) is 5.75 Å². The third-order valence-corrected chi connectivity index (χ3v) is 2.15. The van der Waals surface area contributed by atoms with E-state index in [0.717, 1.165) is 4.47 Å². The van der Waals surface area contributed by atoms with E-state index in [1.807, 2.05) is 0 Å². The fourth-order valence-corrected chi connectivity index (χ4v) is 1.37. The van der Waals surface area contributed by atoms with Gasteiger partial charge in [-0.05, 0) is 25.1 Å². The lowest BCUT2D eigenvalue weighted by Crippen LogP contribution is -2.03. The molecule has 1 aromatic carbocycles. The maximum absolute atomic E-state index is 11.2. The van der Waals surface area contributed by atoms with Crippen LogP contribution in [0.3, 0.4) is 0 Å². The van der Waals surface area contributed by atoms with Crippen LogP contribution in [0.15, 0.2) is 22.7 Å². The van der Waals surface area contributed by atoms with Crippen LogP contribution < -0.4 is 4.74 Å². The molecular weight excluding hydrogens is 248 g/mol. The van der Waals surface area contributed by atoms with Crippen molar-refractivity contribution in [2.45, 2.75) is 6.92 Å². The normalized spacial score (nSPS) is 9.93. The van der Waals surface area contributed by atoms with Gasteiger partial charge in [0.1, 0.15) is 5.75 Å². The zero-order chi connectivity index (χ0) is 10.6. The number of methoxy groups -OCH3 is 1. The minimum Gasteiger partial charge on any atom is -0.467 e. The molecule has 76 valence electrons. The van der Waals surface area contributed by atoms with Crippen LogP contribution in [0.25, 0.3) is 0 Å². The molecule has 0 aromatic heterocycles. The molecule has 0 radical (unpaired) electrons. The van der Waals surface area contributed by atoms with E-state index < -0.39 is 0 Å². The molecule has 1 aromatic rings. The van der Waals surface area contributed by atoms with Gasteiger partial charge in [-0.2, -0.15) is 0 Å². The SMILES string of the molecule is COCOc1cc(Br)ccc1C(C)=O. The van der Waals surface area contributed by atoms with Crippen molar-refractivity contribution >= 4 is 21.7 Å². The fourth-order valence-electron chi connectivity index (χ4n) is 1.03. The van der Waals surface area contributed by atoms with Crippen molar-refractivity contribution in [3.63, 3.8) is 0 Å². The molecule has 3 nitrogen and oxygen atoms in total. The largest absolute Gasteiger partial charge is 0.467 e. The van der Waals surface area contributed by atoms with E-state index in [1.54, 1.807) is 18.2 Å². The third-order valence-electron chi connectivity index (χ3n) is 1.66. The summed E-state index contributed by atoms with van der Waals surface area (Å²) in [6.45, 7) is 1.64. The second kappa shape index (κ2) is 5.12. The summed E-state index contributed by atoms with van der Waals surface area (Å²) in [6.07, 6.45) is 0. The van der Waals surface area contributed by atoms with Gasteiger partial charge in [-0.3, -0.25) is 4.79 Å². The number of carbonyl (C=O) groups is 1. The molecule has 4 heteroatoms. The van der Waals surface area contributed by atoms with E-state index in [1.165, 1.54) is 14.0 Å². The smallest absolute Gasteiger partial charge is 0.188 e. The highest BCUT2D eigenvalue weighted by Crippen LogP contribution is 2.24. The molecule has 0 amide bonds. The summed E-state index contributed by atoms with van der Waals surface area (Å²) in [7, 11) is 1.53. The van der Waals surface area contributed by atoms with Gasteiger partial charge in [-0.25, -0.2) is 0 Å². The Morgan fingerprint density at radius 1 is 1.50 bits per heavy atom. The van der Waals surface area contributed by atoms with Crippen LogP contribution in [0.5, 0.6) is 5.75 Å². The Labute approximate surface area is 91.1 Å². The van der Waals surface area contributed by atoms with Gasteiger partial charge in [0, 0.05) is 11.6 Å². The van der Waals surface area contributed by atoms with Crippen LogP contribution in [-0.4, -0.2) is 19.7 Å². The molecule has 0 saturated heterocycles. The maximum atomic E-state index is 11.2. The molecule has 0 atom stereocenters. The van der Waals surface area contributed by atoms with E-state index >= 15 is 0 Å².